The van der Waals surface area contributed by atoms with E-state index in [1.165, 1.54) is 0 Å². The van der Waals surface area contributed by atoms with Crippen LogP contribution < -0.4 is 0 Å². The fourth-order valence-corrected chi connectivity index (χ4v) is 0.968. The minimum Gasteiger partial charge on any atom is -0.393 e. The van der Waals surface area contributed by atoms with Crippen LogP contribution in [0, 0.1) is 0 Å². The summed E-state index contributed by atoms with van der Waals surface area (Å²) >= 11 is 0. The van der Waals surface area contributed by atoms with E-state index in [4.69, 9.17) is 15.3 Å². The summed E-state index contributed by atoms with van der Waals surface area (Å²) in [5.74, 6) is 0. The van der Waals surface area contributed by atoms with Gasteiger partial charge in [-0.1, -0.05) is 0 Å². The minimum atomic E-state index is -0.704. The van der Waals surface area contributed by atoms with E-state index in [-0.39, 0.29) is 0 Å². The molecule has 0 aromatic heterocycles. The third-order valence-corrected chi connectivity index (χ3v) is 1.47. The molecular formula is C5H10O3. The number of hydrogen-bond donors (Lipinski definition) is 3. The van der Waals surface area contributed by atoms with Gasteiger partial charge in [-0.25, -0.2) is 0 Å². The number of rotatable bonds is 0. The molecule has 48 valence electrons. The summed E-state index contributed by atoms with van der Waals surface area (Å²) in [6, 6.07) is 0. The average Bonchev–Trinajstić information content (AvgIpc) is 1.85. The third-order valence-electron chi connectivity index (χ3n) is 1.47. The molecule has 0 bridgehead atoms. The summed E-state index contributed by atoms with van der Waals surface area (Å²) in [6.07, 6.45) is -1.27. The Morgan fingerprint density at radius 3 is 1.38 bits per heavy atom. The maximum Gasteiger partial charge on any atom is 0.0824 e. The van der Waals surface area contributed by atoms with Crippen molar-refractivity contribution in [2.45, 2.75) is 31.2 Å². The van der Waals surface area contributed by atoms with Gasteiger partial charge in [0, 0.05) is 12.8 Å². The molecule has 3 N–H and O–H groups in total. The highest BCUT2D eigenvalue weighted by atomic mass is 16.3. The van der Waals surface area contributed by atoms with E-state index < -0.39 is 18.3 Å². The van der Waals surface area contributed by atoms with Crippen LogP contribution in [-0.2, 0) is 0 Å². The molecule has 0 amide bonds. The van der Waals surface area contributed by atoms with Crippen LogP contribution in [0.15, 0.2) is 0 Å². The third kappa shape index (κ3) is 0.992. The smallest absolute Gasteiger partial charge is 0.0824 e. The fourth-order valence-electron chi connectivity index (χ4n) is 0.968. The molecule has 1 saturated carbocycles. The van der Waals surface area contributed by atoms with Crippen LogP contribution in [0.2, 0.25) is 0 Å². The van der Waals surface area contributed by atoms with E-state index in [0.717, 1.165) is 0 Å². The van der Waals surface area contributed by atoms with Crippen molar-refractivity contribution in [3.63, 3.8) is 0 Å². The zero-order valence-electron chi connectivity index (χ0n) is 4.49. The van der Waals surface area contributed by atoms with Gasteiger partial charge in [-0.05, 0) is 0 Å². The summed E-state index contributed by atoms with van der Waals surface area (Å²) in [5, 5.41) is 26.3. The predicted molar refractivity (Wildman–Crippen MR) is 27.3 cm³/mol. The van der Waals surface area contributed by atoms with E-state index in [9.17, 15) is 0 Å². The summed E-state index contributed by atoms with van der Waals surface area (Å²) in [6.45, 7) is 0. The molecule has 0 aromatic carbocycles. The lowest BCUT2D eigenvalue weighted by Crippen LogP contribution is -2.17. The molecule has 2 unspecified atom stereocenters. The van der Waals surface area contributed by atoms with Crippen molar-refractivity contribution >= 4 is 0 Å². The molecule has 0 heterocycles. The van der Waals surface area contributed by atoms with Gasteiger partial charge in [0.25, 0.3) is 0 Å². The molecule has 1 rings (SSSR count). The fraction of sp³-hybridized carbons (Fsp3) is 1.00. The second-order valence-corrected chi connectivity index (χ2v) is 2.26. The normalized spacial score (nSPS) is 47.6. The Morgan fingerprint density at radius 1 is 0.875 bits per heavy atom. The Kier molecular flexibility index (Phi) is 1.51. The maximum atomic E-state index is 8.76. The molecule has 1 aliphatic rings. The van der Waals surface area contributed by atoms with Gasteiger partial charge in [-0.15, -0.1) is 0 Å². The standard InChI is InChI=1S/C5H10O3/c6-3-1-4(7)5(8)2-3/h3-8H,1-2H2. The summed E-state index contributed by atoms with van der Waals surface area (Å²) in [4.78, 5) is 0. The lowest BCUT2D eigenvalue weighted by molar-refractivity contribution is 0.0438. The van der Waals surface area contributed by atoms with Crippen molar-refractivity contribution in [2.24, 2.45) is 0 Å². The first-order valence-corrected chi connectivity index (χ1v) is 2.74. The molecule has 1 aliphatic carbocycles. The van der Waals surface area contributed by atoms with Gasteiger partial charge in [0.15, 0.2) is 0 Å². The van der Waals surface area contributed by atoms with Crippen molar-refractivity contribution in [1.82, 2.24) is 0 Å². The van der Waals surface area contributed by atoms with Gasteiger partial charge in [0.05, 0.1) is 18.3 Å². The van der Waals surface area contributed by atoms with Gasteiger partial charge in [-0.3, -0.25) is 0 Å². The van der Waals surface area contributed by atoms with Crippen molar-refractivity contribution in [2.75, 3.05) is 0 Å². The summed E-state index contributed by atoms with van der Waals surface area (Å²) in [7, 11) is 0. The molecule has 2 atom stereocenters. The molecule has 3 heteroatoms. The van der Waals surface area contributed by atoms with Crippen LogP contribution in [-0.4, -0.2) is 33.6 Å². The highest BCUT2D eigenvalue weighted by molar-refractivity contribution is 4.81. The molecular weight excluding hydrogens is 108 g/mol. The van der Waals surface area contributed by atoms with Crippen LogP contribution in [0.4, 0.5) is 0 Å². The monoisotopic (exact) mass is 118 g/mol. The highest BCUT2D eigenvalue weighted by Crippen LogP contribution is 2.18. The van der Waals surface area contributed by atoms with E-state index in [2.05, 4.69) is 0 Å². The topological polar surface area (TPSA) is 60.7 Å². The van der Waals surface area contributed by atoms with E-state index in [0.29, 0.717) is 12.8 Å². The largest absolute Gasteiger partial charge is 0.393 e. The van der Waals surface area contributed by atoms with Crippen LogP contribution in [0.3, 0.4) is 0 Å². The predicted octanol–water partition coefficient (Wildman–Crippen LogP) is -1.14. The van der Waals surface area contributed by atoms with Crippen LogP contribution >= 0.6 is 0 Å². The van der Waals surface area contributed by atoms with Crippen LogP contribution in [0.25, 0.3) is 0 Å². The van der Waals surface area contributed by atoms with Crippen LogP contribution in [0.1, 0.15) is 12.8 Å². The molecule has 0 aliphatic heterocycles. The summed E-state index contributed by atoms with van der Waals surface area (Å²) < 4.78 is 0. The molecule has 8 heavy (non-hydrogen) atoms. The van der Waals surface area contributed by atoms with Gasteiger partial charge < -0.3 is 15.3 Å². The Bertz CT molecular complexity index is 73.7. The van der Waals surface area contributed by atoms with Crippen molar-refractivity contribution in [3.8, 4) is 0 Å². The van der Waals surface area contributed by atoms with E-state index in [1.54, 1.807) is 0 Å². The number of aliphatic hydroxyl groups excluding tert-OH is 3. The zero-order chi connectivity index (χ0) is 6.15. The molecule has 0 radical (unpaired) electrons. The Hall–Kier alpha value is -0.120. The maximum absolute atomic E-state index is 8.76. The quantitative estimate of drug-likeness (QED) is 0.377. The Balaban J connectivity index is 2.39. The molecule has 0 aromatic rings. The minimum absolute atomic E-state index is 0.321. The molecule has 3 nitrogen and oxygen atoms in total. The first-order valence-electron chi connectivity index (χ1n) is 2.74. The van der Waals surface area contributed by atoms with E-state index in [1.807, 2.05) is 0 Å². The van der Waals surface area contributed by atoms with E-state index >= 15 is 0 Å². The lowest BCUT2D eigenvalue weighted by atomic mass is 10.3. The van der Waals surface area contributed by atoms with Crippen molar-refractivity contribution < 1.29 is 15.3 Å². The summed E-state index contributed by atoms with van der Waals surface area (Å²) in [5.41, 5.74) is 0. The molecule has 1 fully saturated rings. The first kappa shape index (κ1) is 6.01. The lowest BCUT2D eigenvalue weighted by Gasteiger charge is -2.02. The number of aliphatic hydroxyl groups is 3. The van der Waals surface area contributed by atoms with Gasteiger partial charge in [0.2, 0.25) is 0 Å². The Labute approximate surface area is 47.6 Å². The second-order valence-electron chi connectivity index (χ2n) is 2.26. The first-order chi connectivity index (χ1) is 3.70. The Morgan fingerprint density at radius 2 is 1.25 bits per heavy atom. The zero-order valence-corrected chi connectivity index (χ0v) is 4.49. The average molecular weight is 118 g/mol. The van der Waals surface area contributed by atoms with Crippen molar-refractivity contribution in [1.29, 1.82) is 0 Å². The number of hydrogen-bond acceptors (Lipinski definition) is 3. The van der Waals surface area contributed by atoms with Gasteiger partial charge >= 0.3 is 0 Å². The van der Waals surface area contributed by atoms with Gasteiger partial charge in [-0.2, -0.15) is 0 Å². The molecule has 0 spiro atoms. The molecule has 0 saturated heterocycles. The van der Waals surface area contributed by atoms with Crippen LogP contribution in [0.5, 0.6) is 0 Å². The second kappa shape index (κ2) is 2.01. The van der Waals surface area contributed by atoms with Crippen molar-refractivity contribution in [3.05, 3.63) is 0 Å². The van der Waals surface area contributed by atoms with Gasteiger partial charge in [0.1, 0.15) is 0 Å². The highest BCUT2D eigenvalue weighted by Gasteiger charge is 2.29. The SMILES string of the molecule is OC1CC(O)C(O)C1.